The number of aryl methyl sites for hydroxylation is 1. The summed E-state index contributed by atoms with van der Waals surface area (Å²) in [6.07, 6.45) is 3.85. The van der Waals surface area contributed by atoms with Crippen molar-refractivity contribution in [3.63, 3.8) is 0 Å². The Morgan fingerprint density at radius 1 is 1.20 bits per heavy atom. The number of amides is 2. The lowest BCUT2D eigenvalue weighted by Gasteiger charge is -2.21. The van der Waals surface area contributed by atoms with E-state index >= 15 is 0 Å². The summed E-state index contributed by atoms with van der Waals surface area (Å²) in [7, 11) is 0. The lowest BCUT2D eigenvalue weighted by molar-refractivity contribution is 0.0899. The highest BCUT2D eigenvalue weighted by Gasteiger charge is 2.26. The van der Waals surface area contributed by atoms with Gasteiger partial charge in [0.2, 0.25) is 5.91 Å². The van der Waals surface area contributed by atoms with E-state index in [-0.39, 0.29) is 23.4 Å². The van der Waals surface area contributed by atoms with Crippen LogP contribution in [-0.4, -0.2) is 21.7 Å². The number of fused-ring (bicyclic) bond motifs is 2. The molecule has 1 aliphatic rings. The first-order valence-corrected chi connectivity index (χ1v) is 10.5. The number of aromatic nitrogens is 2. The van der Waals surface area contributed by atoms with Crippen LogP contribution in [0.4, 0.5) is 10.5 Å². The van der Waals surface area contributed by atoms with Crippen LogP contribution < -0.4 is 10.6 Å². The predicted octanol–water partition coefficient (Wildman–Crippen LogP) is 5.19. The second kappa shape index (κ2) is 7.59. The van der Waals surface area contributed by atoms with Crippen LogP contribution in [0, 0.1) is 0 Å². The quantitative estimate of drug-likeness (QED) is 0.630. The molecule has 156 valence electrons. The zero-order chi connectivity index (χ0) is 21.5. The highest BCUT2D eigenvalue weighted by molar-refractivity contribution is 6.02. The minimum atomic E-state index is -0.255. The van der Waals surface area contributed by atoms with Crippen molar-refractivity contribution in [2.24, 2.45) is 0 Å². The zero-order valence-corrected chi connectivity index (χ0v) is 18.0. The van der Waals surface area contributed by atoms with Crippen LogP contribution in [0.15, 0.2) is 42.6 Å². The monoisotopic (exact) mass is 404 g/mol. The van der Waals surface area contributed by atoms with E-state index in [1.165, 1.54) is 21.4 Å². The topological polar surface area (TPSA) is 76.0 Å². The summed E-state index contributed by atoms with van der Waals surface area (Å²) in [6.45, 7) is 8.44. The maximum Gasteiger partial charge on any atom is 0.319 e. The van der Waals surface area contributed by atoms with E-state index in [0.29, 0.717) is 17.6 Å². The second-order valence-corrected chi connectivity index (χ2v) is 8.90. The first kappa shape index (κ1) is 20.1. The van der Waals surface area contributed by atoms with Gasteiger partial charge in [-0.15, -0.1) is 0 Å². The molecule has 6 nitrogen and oxygen atoms in total. The molecule has 0 fully saturated rings. The van der Waals surface area contributed by atoms with E-state index in [0.717, 1.165) is 18.2 Å². The van der Waals surface area contributed by atoms with E-state index in [4.69, 9.17) is 0 Å². The normalized spacial score (nSPS) is 15.8. The standard InChI is InChI=1S/C24H28N4O2/c1-5-22(29)28-21-8-6-7-19(18(21)14-25-28)26-23(30)27-20-12-9-15-13-16(24(2,3)4)10-11-17(15)20/h6-8,10-11,13-14,20H,5,9,12H2,1-4H3,(H2,26,27,30)/t20-/m1/s1. The fourth-order valence-electron chi connectivity index (χ4n) is 4.06. The second-order valence-electron chi connectivity index (χ2n) is 8.90. The van der Waals surface area contributed by atoms with Gasteiger partial charge in [-0.05, 0) is 47.1 Å². The van der Waals surface area contributed by atoms with Gasteiger partial charge in [-0.2, -0.15) is 5.10 Å². The Morgan fingerprint density at radius 2 is 2.00 bits per heavy atom. The summed E-state index contributed by atoms with van der Waals surface area (Å²) in [6, 6.07) is 11.8. The molecule has 0 aliphatic heterocycles. The molecular weight excluding hydrogens is 376 g/mol. The van der Waals surface area contributed by atoms with E-state index in [2.05, 4.69) is 54.7 Å². The number of hydrogen-bond donors (Lipinski definition) is 2. The third-order valence-corrected chi connectivity index (χ3v) is 5.79. The number of hydrogen-bond acceptors (Lipinski definition) is 3. The maximum atomic E-state index is 12.7. The van der Waals surface area contributed by atoms with Crippen LogP contribution >= 0.6 is 0 Å². The zero-order valence-electron chi connectivity index (χ0n) is 18.0. The average molecular weight is 405 g/mol. The SMILES string of the molecule is CCC(=O)n1ncc2c(NC(=O)N[C@@H]3CCc4cc(C(C)(C)C)ccc43)cccc21. The fraction of sp³-hybridized carbons (Fsp3) is 0.375. The molecule has 0 radical (unpaired) electrons. The fourth-order valence-corrected chi connectivity index (χ4v) is 4.06. The van der Waals surface area contributed by atoms with E-state index in [1.54, 1.807) is 13.1 Å². The molecule has 0 saturated heterocycles. The van der Waals surface area contributed by atoms with E-state index in [9.17, 15) is 9.59 Å². The summed E-state index contributed by atoms with van der Waals surface area (Å²) >= 11 is 0. The molecule has 2 N–H and O–H groups in total. The molecule has 4 rings (SSSR count). The summed E-state index contributed by atoms with van der Waals surface area (Å²) in [5.41, 5.74) is 5.27. The Morgan fingerprint density at radius 3 is 2.73 bits per heavy atom. The number of benzene rings is 2. The van der Waals surface area contributed by atoms with Crippen LogP contribution in [0.5, 0.6) is 0 Å². The molecule has 3 aromatic rings. The minimum Gasteiger partial charge on any atom is -0.331 e. The van der Waals surface area contributed by atoms with Gasteiger partial charge >= 0.3 is 6.03 Å². The van der Waals surface area contributed by atoms with Gasteiger partial charge in [0.15, 0.2) is 0 Å². The van der Waals surface area contributed by atoms with Crippen LogP contribution in [-0.2, 0) is 11.8 Å². The Hall–Kier alpha value is -3.15. The van der Waals surface area contributed by atoms with Gasteiger partial charge in [-0.25, -0.2) is 9.48 Å². The summed E-state index contributed by atoms with van der Waals surface area (Å²) in [4.78, 5) is 24.8. The van der Waals surface area contributed by atoms with Crippen LogP contribution in [0.1, 0.15) is 68.1 Å². The highest BCUT2D eigenvalue weighted by atomic mass is 16.2. The van der Waals surface area contributed by atoms with Crippen molar-refractivity contribution < 1.29 is 9.59 Å². The molecule has 2 aromatic carbocycles. The molecule has 0 bridgehead atoms. The third kappa shape index (κ3) is 3.70. The number of carbonyl (C=O) groups excluding carboxylic acids is 2. The summed E-state index contributed by atoms with van der Waals surface area (Å²) in [5.74, 6) is -0.0798. The largest absolute Gasteiger partial charge is 0.331 e. The maximum absolute atomic E-state index is 12.7. The van der Waals surface area contributed by atoms with Gasteiger partial charge in [-0.1, -0.05) is 52.0 Å². The Balaban J connectivity index is 1.51. The summed E-state index contributed by atoms with van der Waals surface area (Å²) < 4.78 is 1.39. The Kier molecular flexibility index (Phi) is 5.10. The van der Waals surface area contributed by atoms with Gasteiger partial charge in [0.25, 0.3) is 0 Å². The highest BCUT2D eigenvalue weighted by Crippen LogP contribution is 2.34. The lowest BCUT2D eigenvalue weighted by atomic mass is 9.85. The van der Waals surface area contributed by atoms with E-state index < -0.39 is 0 Å². The number of nitrogens with one attached hydrogen (secondary N) is 2. The molecule has 2 amide bonds. The first-order valence-electron chi connectivity index (χ1n) is 10.5. The molecule has 1 aliphatic carbocycles. The molecule has 6 heteroatoms. The number of rotatable bonds is 3. The van der Waals surface area contributed by atoms with Gasteiger partial charge in [-0.3, -0.25) is 4.79 Å². The van der Waals surface area contributed by atoms with Crippen molar-refractivity contribution in [2.45, 2.75) is 58.4 Å². The molecule has 1 atom stereocenters. The summed E-state index contributed by atoms with van der Waals surface area (Å²) in [5, 5.41) is 11.0. The third-order valence-electron chi connectivity index (χ3n) is 5.79. The molecule has 30 heavy (non-hydrogen) atoms. The first-order chi connectivity index (χ1) is 14.3. The number of urea groups is 1. The molecule has 0 saturated carbocycles. The van der Waals surface area contributed by atoms with Gasteiger partial charge in [0, 0.05) is 11.8 Å². The molecular formula is C24H28N4O2. The number of anilines is 1. The van der Waals surface area contributed by atoms with Crippen LogP contribution in [0.2, 0.25) is 0 Å². The van der Waals surface area contributed by atoms with Gasteiger partial charge < -0.3 is 10.6 Å². The molecule has 1 heterocycles. The average Bonchev–Trinajstić information content (AvgIpc) is 3.31. The number of carbonyl (C=O) groups is 2. The van der Waals surface area contributed by atoms with Crippen LogP contribution in [0.25, 0.3) is 10.9 Å². The van der Waals surface area contributed by atoms with Crippen molar-refractivity contribution in [3.05, 3.63) is 59.3 Å². The molecule has 0 unspecified atom stereocenters. The smallest absolute Gasteiger partial charge is 0.319 e. The van der Waals surface area contributed by atoms with Crippen molar-refractivity contribution in [1.29, 1.82) is 0 Å². The van der Waals surface area contributed by atoms with Gasteiger partial charge in [0.1, 0.15) is 0 Å². The molecule has 1 aromatic heterocycles. The lowest BCUT2D eigenvalue weighted by Crippen LogP contribution is -2.31. The minimum absolute atomic E-state index is 0.00221. The Labute approximate surface area is 176 Å². The van der Waals surface area contributed by atoms with Crippen LogP contribution in [0.3, 0.4) is 0 Å². The van der Waals surface area contributed by atoms with Gasteiger partial charge in [0.05, 0.1) is 23.4 Å². The predicted molar refractivity (Wildman–Crippen MR) is 119 cm³/mol. The molecule has 0 spiro atoms. The van der Waals surface area contributed by atoms with Crippen molar-refractivity contribution in [1.82, 2.24) is 15.1 Å². The van der Waals surface area contributed by atoms with Crippen molar-refractivity contribution in [2.75, 3.05) is 5.32 Å². The van der Waals surface area contributed by atoms with Crippen molar-refractivity contribution >= 4 is 28.5 Å². The van der Waals surface area contributed by atoms with E-state index in [1.807, 2.05) is 18.2 Å². The van der Waals surface area contributed by atoms with Crippen molar-refractivity contribution in [3.8, 4) is 0 Å². The Bertz CT molecular complexity index is 1120. The number of nitrogens with zero attached hydrogens (tertiary/aromatic N) is 2.